The molecular weight excluding hydrogens is 264 g/mol. The fourth-order valence-corrected chi connectivity index (χ4v) is 3.60. The molecule has 0 saturated heterocycles. The molecule has 0 amide bonds. The van der Waals surface area contributed by atoms with E-state index in [2.05, 4.69) is 19.1 Å². The fraction of sp³-hybridized carbons (Fsp3) is 0.579. The molecule has 1 atom stereocenters. The Morgan fingerprint density at radius 1 is 1.20 bits per heavy atom. The van der Waals surface area contributed by atoms with Gasteiger partial charge in [-0.1, -0.05) is 56.2 Å². The molecule has 1 heteroatoms. The number of aryl methyl sites for hydroxylation is 1. The normalized spacial score (nSPS) is 24.3. The van der Waals surface area contributed by atoms with E-state index in [9.17, 15) is 0 Å². The summed E-state index contributed by atoms with van der Waals surface area (Å²) in [6.07, 6.45) is 11.0. The van der Waals surface area contributed by atoms with E-state index in [1.54, 1.807) is 0 Å². The molecule has 20 heavy (non-hydrogen) atoms. The van der Waals surface area contributed by atoms with Crippen molar-refractivity contribution < 1.29 is 0 Å². The second-order valence-corrected chi connectivity index (χ2v) is 6.83. The van der Waals surface area contributed by atoms with Crippen molar-refractivity contribution in [2.24, 2.45) is 17.8 Å². The van der Waals surface area contributed by atoms with Crippen LogP contribution in [0.3, 0.4) is 0 Å². The highest BCUT2D eigenvalue weighted by Crippen LogP contribution is 2.36. The van der Waals surface area contributed by atoms with Crippen molar-refractivity contribution in [3.63, 3.8) is 0 Å². The fourth-order valence-electron chi connectivity index (χ4n) is 3.47. The molecule has 0 N–H and O–H groups in total. The lowest BCUT2D eigenvalue weighted by Crippen LogP contribution is -2.20. The third kappa shape index (κ3) is 4.66. The van der Waals surface area contributed by atoms with E-state index in [0.29, 0.717) is 0 Å². The molecule has 1 aliphatic carbocycles. The number of hydrogen-bond donors (Lipinski definition) is 0. The lowest BCUT2D eigenvalue weighted by Gasteiger charge is -2.32. The Balaban J connectivity index is 1.71. The Labute approximate surface area is 129 Å². The van der Waals surface area contributed by atoms with Gasteiger partial charge in [0.1, 0.15) is 0 Å². The Kier molecular flexibility index (Phi) is 6.16. The van der Waals surface area contributed by atoms with Crippen LogP contribution in [-0.4, -0.2) is 0 Å². The summed E-state index contributed by atoms with van der Waals surface area (Å²) in [5.74, 6) is 2.56. The molecule has 1 aromatic rings. The third-order valence-corrected chi connectivity index (χ3v) is 5.21. The monoisotopic (exact) mass is 289 g/mol. The van der Waals surface area contributed by atoms with Gasteiger partial charge in [-0.15, -0.1) is 0 Å². The summed E-state index contributed by atoms with van der Waals surface area (Å²) in [7, 11) is 0. The van der Waals surface area contributed by atoms with E-state index < -0.39 is 0 Å². The van der Waals surface area contributed by atoms with Crippen LogP contribution in [0.2, 0.25) is 5.02 Å². The van der Waals surface area contributed by atoms with Crippen LogP contribution in [0.1, 0.15) is 51.0 Å². The van der Waals surface area contributed by atoms with Gasteiger partial charge < -0.3 is 0 Å². The van der Waals surface area contributed by atoms with Crippen LogP contribution >= 0.6 is 11.6 Å². The maximum Gasteiger partial charge on any atom is 0.0406 e. The van der Waals surface area contributed by atoms with Crippen LogP contribution in [0.15, 0.2) is 30.3 Å². The average molecular weight is 290 g/mol. The quantitative estimate of drug-likeness (QED) is 0.594. The van der Waals surface area contributed by atoms with Crippen LogP contribution in [0, 0.1) is 24.3 Å². The summed E-state index contributed by atoms with van der Waals surface area (Å²) in [5.41, 5.74) is 1.42. The Bertz CT molecular complexity index is 398. The van der Waals surface area contributed by atoms with E-state index in [4.69, 9.17) is 18.2 Å². The van der Waals surface area contributed by atoms with Crippen LogP contribution in [0.4, 0.5) is 0 Å². The number of hydrogen-bond acceptors (Lipinski definition) is 0. The van der Waals surface area contributed by atoms with E-state index in [-0.39, 0.29) is 0 Å². The van der Waals surface area contributed by atoms with Crippen LogP contribution in [0.5, 0.6) is 0 Å². The Hall–Kier alpha value is -0.750. The first-order valence-electron chi connectivity index (χ1n) is 7.97. The zero-order valence-corrected chi connectivity index (χ0v) is 13.3. The molecule has 0 heterocycles. The highest BCUT2D eigenvalue weighted by Gasteiger charge is 2.24. The maximum atomic E-state index is 5.92. The summed E-state index contributed by atoms with van der Waals surface area (Å²) in [4.78, 5) is 0. The van der Waals surface area contributed by atoms with E-state index in [1.165, 1.54) is 44.1 Å². The van der Waals surface area contributed by atoms with Crippen molar-refractivity contribution in [3.8, 4) is 0 Å². The molecule has 1 unspecified atom stereocenters. The van der Waals surface area contributed by atoms with Crippen molar-refractivity contribution >= 4 is 11.6 Å². The zero-order valence-electron chi connectivity index (χ0n) is 12.5. The highest BCUT2D eigenvalue weighted by atomic mass is 35.5. The lowest BCUT2D eigenvalue weighted by molar-refractivity contribution is 0.208. The third-order valence-electron chi connectivity index (χ3n) is 4.96. The molecule has 109 valence electrons. The molecule has 0 spiro atoms. The SMILES string of the molecule is [CH]=CCC(C)C1CCC(CCc2ccc(Cl)cc2)CC1. The van der Waals surface area contributed by atoms with Gasteiger partial charge in [-0.3, -0.25) is 0 Å². The van der Waals surface area contributed by atoms with Gasteiger partial charge in [0.15, 0.2) is 0 Å². The molecule has 0 aromatic heterocycles. The summed E-state index contributed by atoms with van der Waals surface area (Å²) in [5, 5.41) is 0.833. The number of allylic oxidation sites excluding steroid dienone is 1. The van der Waals surface area contributed by atoms with Crippen molar-refractivity contribution in [1.82, 2.24) is 0 Å². The Morgan fingerprint density at radius 2 is 1.85 bits per heavy atom. The minimum absolute atomic E-state index is 0.761. The van der Waals surface area contributed by atoms with Crippen LogP contribution < -0.4 is 0 Å². The highest BCUT2D eigenvalue weighted by molar-refractivity contribution is 6.30. The average Bonchev–Trinajstić information content (AvgIpc) is 2.47. The van der Waals surface area contributed by atoms with Gasteiger partial charge in [-0.05, 0) is 67.6 Å². The molecular formula is C19H26Cl. The van der Waals surface area contributed by atoms with Gasteiger partial charge in [0.25, 0.3) is 0 Å². The van der Waals surface area contributed by atoms with Crippen molar-refractivity contribution in [3.05, 3.63) is 47.5 Å². The topological polar surface area (TPSA) is 0 Å². The molecule has 1 radical (unpaired) electrons. The summed E-state index contributed by atoms with van der Waals surface area (Å²) < 4.78 is 0. The minimum Gasteiger partial charge on any atom is -0.0843 e. The second-order valence-electron chi connectivity index (χ2n) is 6.39. The molecule has 0 nitrogen and oxygen atoms in total. The second kappa shape index (κ2) is 7.88. The predicted molar refractivity (Wildman–Crippen MR) is 87.9 cm³/mol. The van der Waals surface area contributed by atoms with Gasteiger partial charge in [0, 0.05) is 5.02 Å². The summed E-state index contributed by atoms with van der Waals surface area (Å²) >= 11 is 5.92. The van der Waals surface area contributed by atoms with E-state index in [0.717, 1.165) is 29.2 Å². The van der Waals surface area contributed by atoms with Crippen LogP contribution in [-0.2, 0) is 6.42 Å². The molecule has 0 aliphatic heterocycles. The summed E-state index contributed by atoms with van der Waals surface area (Å²) in [6.45, 7) is 7.90. The molecule has 1 fully saturated rings. The lowest BCUT2D eigenvalue weighted by atomic mass is 9.74. The van der Waals surface area contributed by atoms with Crippen molar-refractivity contribution in [2.45, 2.75) is 51.9 Å². The Morgan fingerprint density at radius 3 is 2.45 bits per heavy atom. The van der Waals surface area contributed by atoms with Gasteiger partial charge in [0.2, 0.25) is 0 Å². The van der Waals surface area contributed by atoms with Crippen molar-refractivity contribution in [2.75, 3.05) is 0 Å². The molecule has 1 aromatic carbocycles. The van der Waals surface area contributed by atoms with Gasteiger partial charge >= 0.3 is 0 Å². The molecule has 1 saturated carbocycles. The summed E-state index contributed by atoms with van der Waals surface area (Å²) in [6, 6.07) is 8.32. The molecule has 2 rings (SSSR count). The van der Waals surface area contributed by atoms with Gasteiger partial charge in [-0.25, -0.2) is 0 Å². The zero-order chi connectivity index (χ0) is 14.4. The molecule has 1 aliphatic rings. The van der Waals surface area contributed by atoms with Crippen molar-refractivity contribution in [1.29, 1.82) is 0 Å². The first-order valence-corrected chi connectivity index (χ1v) is 8.34. The van der Waals surface area contributed by atoms with Gasteiger partial charge in [-0.2, -0.15) is 0 Å². The number of rotatable bonds is 6. The first kappa shape index (κ1) is 15.6. The smallest absolute Gasteiger partial charge is 0.0406 e. The predicted octanol–water partition coefficient (Wildman–Crippen LogP) is 6.09. The van der Waals surface area contributed by atoms with Crippen LogP contribution in [0.25, 0.3) is 0 Å². The van der Waals surface area contributed by atoms with E-state index >= 15 is 0 Å². The van der Waals surface area contributed by atoms with E-state index in [1.807, 2.05) is 18.2 Å². The molecule has 0 bridgehead atoms. The number of benzene rings is 1. The van der Waals surface area contributed by atoms with Gasteiger partial charge in [0.05, 0.1) is 0 Å². The maximum absolute atomic E-state index is 5.92. The standard InChI is InChI=1S/C19H26Cl/c1-3-4-15(2)18-11-7-16(8-12-18)5-6-17-9-13-19(20)14-10-17/h1,3,9-10,13-16,18H,4-8,11-12H2,2H3. The largest absolute Gasteiger partial charge is 0.0843 e. The minimum atomic E-state index is 0.761. The number of halogens is 1. The first-order chi connectivity index (χ1) is 9.69.